The second kappa shape index (κ2) is 11.0. The number of carbonyl (C=O) groups excluding carboxylic acids is 2. The van der Waals surface area contributed by atoms with Crippen LogP contribution in [0.3, 0.4) is 0 Å². The zero-order chi connectivity index (χ0) is 22.3. The molecule has 2 fully saturated rings. The van der Waals surface area contributed by atoms with Gasteiger partial charge in [0.05, 0.1) is 24.1 Å². The van der Waals surface area contributed by atoms with Gasteiger partial charge in [-0.3, -0.25) is 9.59 Å². The molecule has 1 aromatic carbocycles. The Balaban J connectivity index is 1.59. The third-order valence-electron chi connectivity index (χ3n) is 5.64. The molecule has 1 atom stereocenters. The second-order valence-electron chi connectivity index (χ2n) is 8.09. The third-order valence-corrected chi connectivity index (χ3v) is 7.06. The third kappa shape index (κ3) is 7.26. The Morgan fingerprint density at radius 1 is 1.06 bits per heavy atom. The predicted octanol–water partition coefficient (Wildman–Crippen LogP) is 1.56. The molecule has 0 bridgehead atoms. The van der Waals surface area contributed by atoms with Gasteiger partial charge in [-0.2, -0.15) is 0 Å². The van der Waals surface area contributed by atoms with Crippen LogP contribution in [0.15, 0.2) is 29.2 Å². The fourth-order valence-electron chi connectivity index (χ4n) is 3.95. The van der Waals surface area contributed by atoms with Crippen molar-refractivity contribution in [1.82, 2.24) is 14.9 Å². The molecule has 1 aromatic rings. The Bertz CT molecular complexity index is 850. The lowest BCUT2D eigenvalue weighted by atomic mass is 9.95. The van der Waals surface area contributed by atoms with Crippen LogP contribution in [-0.4, -0.2) is 63.5 Å². The van der Waals surface area contributed by atoms with Crippen LogP contribution < -0.4 is 10.0 Å². The van der Waals surface area contributed by atoms with Gasteiger partial charge in [0.15, 0.2) is 0 Å². The molecule has 8 nitrogen and oxygen atoms in total. The number of nitrogens with one attached hydrogen (secondary N) is 2. The average Bonchev–Trinajstić information content (AvgIpc) is 3.26. The van der Waals surface area contributed by atoms with Gasteiger partial charge in [0.25, 0.3) is 0 Å². The van der Waals surface area contributed by atoms with E-state index in [0.717, 1.165) is 62.8 Å². The number of sulfonamides is 1. The fourth-order valence-corrected chi connectivity index (χ4v) is 4.92. The number of ether oxygens (including phenoxy) is 1. The molecular formula is C21H30FN3O5S. The smallest absolute Gasteiger partial charge is 0.241 e. The standard InChI is InChI=1S/C21H30FN3O5S/c22-16-8-10-19(11-9-16)31(28,29)23-13-21(27)25(14-18-7-4-12-30-18)15-20(26)24-17-5-2-1-3-6-17/h8-11,17-18,23H,1-7,12-15H2,(H,24,26)/t18-/m0/s1. The van der Waals surface area contributed by atoms with Gasteiger partial charge in [-0.25, -0.2) is 17.5 Å². The molecule has 0 spiro atoms. The Labute approximate surface area is 182 Å². The van der Waals surface area contributed by atoms with Crippen LogP contribution in [0.1, 0.15) is 44.9 Å². The average molecular weight is 456 g/mol. The molecule has 2 amide bonds. The van der Waals surface area contributed by atoms with E-state index in [2.05, 4.69) is 10.0 Å². The molecule has 3 rings (SSSR count). The van der Waals surface area contributed by atoms with E-state index in [-0.39, 0.29) is 36.0 Å². The Morgan fingerprint density at radius 2 is 1.77 bits per heavy atom. The van der Waals surface area contributed by atoms with Crippen LogP contribution in [0.2, 0.25) is 0 Å². The van der Waals surface area contributed by atoms with Crippen molar-refractivity contribution in [1.29, 1.82) is 0 Å². The van der Waals surface area contributed by atoms with Gasteiger partial charge < -0.3 is 15.0 Å². The van der Waals surface area contributed by atoms with Crippen LogP contribution in [0.5, 0.6) is 0 Å². The first-order valence-electron chi connectivity index (χ1n) is 10.8. The minimum atomic E-state index is -3.98. The van der Waals surface area contributed by atoms with Gasteiger partial charge >= 0.3 is 0 Å². The maximum atomic E-state index is 13.1. The largest absolute Gasteiger partial charge is 0.376 e. The van der Waals surface area contributed by atoms with Crippen molar-refractivity contribution in [3.05, 3.63) is 30.1 Å². The number of benzene rings is 1. The highest BCUT2D eigenvalue weighted by Crippen LogP contribution is 2.18. The van der Waals surface area contributed by atoms with Gasteiger partial charge in [0.1, 0.15) is 5.82 Å². The summed E-state index contributed by atoms with van der Waals surface area (Å²) in [5.74, 6) is -1.32. The molecule has 2 N–H and O–H groups in total. The Hall–Kier alpha value is -2.04. The lowest BCUT2D eigenvalue weighted by Crippen LogP contribution is -2.49. The highest BCUT2D eigenvalue weighted by atomic mass is 32.2. The summed E-state index contributed by atoms with van der Waals surface area (Å²) in [6, 6.07) is 4.46. The molecule has 31 heavy (non-hydrogen) atoms. The number of hydrogen-bond donors (Lipinski definition) is 2. The lowest BCUT2D eigenvalue weighted by molar-refractivity contribution is -0.136. The minimum absolute atomic E-state index is 0.123. The second-order valence-corrected chi connectivity index (χ2v) is 9.86. The SMILES string of the molecule is O=C(CN(C[C@@H]1CCCO1)C(=O)CNS(=O)(=O)c1ccc(F)cc1)NC1CCCCC1. The van der Waals surface area contributed by atoms with Crippen LogP contribution >= 0.6 is 0 Å². The van der Waals surface area contributed by atoms with E-state index in [1.807, 2.05) is 0 Å². The van der Waals surface area contributed by atoms with Crippen molar-refractivity contribution in [2.75, 3.05) is 26.2 Å². The first kappa shape index (κ1) is 23.6. The van der Waals surface area contributed by atoms with Crippen LogP contribution in [-0.2, 0) is 24.3 Å². The molecule has 1 saturated heterocycles. The van der Waals surface area contributed by atoms with Gasteiger partial charge in [0.2, 0.25) is 21.8 Å². The van der Waals surface area contributed by atoms with E-state index in [1.165, 1.54) is 11.3 Å². The summed E-state index contributed by atoms with van der Waals surface area (Å²) in [6.45, 7) is 0.198. The number of rotatable bonds is 9. The van der Waals surface area contributed by atoms with E-state index >= 15 is 0 Å². The number of halogens is 1. The highest BCUT2D eigenvalue weighted by Gasteiger charge is 2.26. The first-order chi connectivity index (χ1) is 14.8. The highest BCUT2D eigenvalue weighted by molar-refractivity contribution is 7.89. The molecular weight excluding hydrogens is 425 g/mol. The summed E-state index contributed by atoms with van der Waals surface area (Å²) in [7, 11) is -3.98. The molecule has 172 valence electrons. The van der Waals surface area contributed by atoms with E-state index < -0.39 is 28.3 Å². The van der Waals surface area contributed by atoms with Crippen LogP contribution in [0.4, 0.5) is 4.39 Å². The Morgan fingerprint density at radius 3 is 2.42 bits per heavy atom. The minimum Gasteiger partial charge on any atom is -0.376 e. The number of carbonyl (C=O) groups is 2. The molecule has 1 heterocycles. The van der Waals surface area contributed by atoms with E-state index in [1.54, 1.807) is 0 Å². The van der Waals surface area contributed by atoms with Crippen molar-refractivity contribution in [3.63, 3.8) is 0 Å². The van der Waals surface area contributed by atoms with Crippen LogP contribution in [0.25, 0.3) is 0 Å². The molecule has 1 aliphatic heterocycles. The van der Waals surface area contributed by atoms with Crippen LogP contribution in [0, 0.1) is 5.82 Å². The molecule has 0 unspecified atom stereocenters. The van der Waals surface area contributed by atoms with Gasteiger partial charge in [-0.15, -0.1) is 0 Å². The lowest BCUT2D eigenvalue weighted by Gasteiger charge is -2.27. The molecule has 1 aliphatic carbocycles. The zero-order valence-corrected chi connectivity index (χ0v) is 18.3. The number of nitrogens with zero attached hydrogens (tertiary/aromatic N) is 1. The van der Waals surface area contributed by atoms with E-state index in [0.29, 0.717) is 6.61 Å². The number of amides is 2. The quantitative estimate of drug-likeness (QED) is 0.588. The van der Waals surface area contributed by atoms with Gasteiger partial charge in [-0.1, -0.05) is 19.3 Å². The summed E-state index contributed by atoms with van der Waals surface area (Å²) >= 11 is 0. The van der Waals surface area contributed by atoms with E-state index in [4.69, 9.17) is 4.74 Å². The van der Waals surface area contributed by atoms with Gasteiger partial charge in [0, 0.05) is 19.2 Å². The van der Waals surface area contributed by atoms with Crippen molar-refractivity contribution < 1.29 is 27.1 Å². The summed E-state index contributed by atoms with van der Waals surface area (Å²) in [4.78, 5) is 26.5. The van der Waals surface area contributed by atoms with Crippen molar-refractivity contribution >= 4 is 21.8 Å². The number of hydrogen-bond acceptors (Lipinski definition) is 5. The monoisotopic (exact) mass is 455 g/mol. The van der Waals surface area contributed by atoms with E-state index in [9.17, 15) is 22.4 Å². The van der Waals surface area contributed by atoms with Crippen molar-refractivity contribution in [2.24, 2.45) is 0 Å². The van der Waals surface area contributed by atoms with Crippen molar-refractivity contribution in [3.8, 4) is 0 Å². The Kier molecular flexibility index (Phi) is 8.39. The summed E-state index contributed by atoms with van der Waals surface area (Å²) in [5.41, 5.74) is 0. The van der Waals surface area contributed by atoms with Crippen molar-refractivity contribution in [2.45, 2.75) is 62.0 Å². The zero-order valence-electron chi connectivity index (χ0n) is 17.5. The summed E-state index contributed by atoms with van der Waals surface area (Å²) in [6.07, 6.45) is 6.70. The topological polar surface area (TPSA) is 105 Å². The first-order valence-corrected chi connectivity index (χ1v) is 12.3. The predicted molar refractivity (Wildman–Crippen MR) is 112 cm³/mol. The summed E-state index contributed by atoms with van der Waals surface area (Å²) in [5, 5.41) is 2.98. The normalized spacial score (nSPS) is 19.8. The fraction of sp³-hybridized carbons (Fsp3) is 0.619. The summed E-state index contributed by atoms with van der Waals surface area (Å²) < 4.78 is 45.7. The maximum Gasteiger partial charge on any atom is 0.241 e. The molecule has 10 heteroatoms. The molecule has 1 saturated carbocycles. The van der Waals surface area contributed by atoms with Gasteiger partial charge in [-0.05, 0) is 49.9 Å². The molecule has 0 aromatic heterocycles. The molecule has 2 aliphatic rings. The maximum absolute atomic E-state index is 13.1. The molecule has 0 radical (unpaired) electrons.